The topological polar surface area (TPSA) is 74.2 Å². The summed E-state index contributed by atoms with van der Waals surface area (Å²) in [6.45, 7) is 0. The molecule has 2 amide bonds. The Bertz CT molecular complexity index is 288. The number of carbonyl (C=O) groups is 1. The van der Waals surface area contributed by atoms with Gasteiger partial charge in [-0.25, -0.2) is 9.78 Å². The summed E-state index contributed by atoms with van der Waals surface area (Å²) in [5.74, 6) is 0.0953. The zero-order valence-electron chi connectivity index (χ0n) is 6.53. The Morgan fingerprint density at radius 3 is 3.00 bits per heavy atom. The molecule has 0 saturated carbocycles. The van der Waals surface area contributed by atoms with Crippen molar-refractivity contribution in [2.45, 2.75) is 0 Å². The molecule has 1 rings (SSSR count). The second kappa shape index (κ2) is 3.56. The monoisotopic (exact) mass is 167 g/mol. The second-order valence-corrected chi connectivity index (χ2v) is 2.08. The van der Waals surface area contributed by atoms with Gasteiger partial charge in [-0.05, 0) is 12.1 Å². The molecule has 0 unspecified atom stereocenters. The number of pyridine rings is 1. The number of rotatable bonds is 1. The lowest BCUT2D eigenvalue weighted by Gasteiger charge is -2.03. The van der Waals surface area contributed by atoms with Crippen LogP contribution >= 0.6 is 0 Å². The van der Waals surface area contributed by atoms with Crippen LogP contribution in [0.15, 0.2) is 18.3 Å². The van der Waals surface area contributed by atoms with Crippen LogP contribution in [0.2, 0.25) is 0 Å². The lowest BCUT2D eigenvalue weighted by Crippen LogP contribution is -2.24. The van der Waals surface area contributed by atoms with Crippen LogP contribution in [0.5, 0.6) is 5.75 Å². The van der Waals surface area contributed by atoms with Gasteiger partial charge >= 0.3 is 6.03 Å². The molecule has 1 heterocycles. The average Bonchev–Trinajstić information content (AvgIpc) is 2.09. The summed E-state index contributed by atoms with van der Waals surface area (Å²) in [6, 6.07) is 2.60. The number of hydrogen-bond donors (Lipinski definition) is 3. The van der Waals surface area contributed by atoms with E-state index in [1.165, 1.54) is 19.3 Å². The van der Waals surface area contributed by atoms with E-state index in [1.807, 2.05) is 0 Å². The number of aromatic nitrogens is 1. The number of aromatic hydroxyl groups is 1. The van der Waals surface area contributed by atoms with Gasteiger partial charge in [-0.2, -0.15) is 0 Å². The Hall–Kier alpha value is -1.78. The molecule has 0 bridgehead atoms. The third-order valence-electron chi connectivity index (χ3n) is 1.25. The highest BCUT2D eigenvalue weighted by Gasteiger charge is 2.03. The van der Waals surface area contributed by atoms with Crippen molar-refractivity contribution in [3.63, 3.8) is 0 Å². The highest BCUT2D eigenvalue weighted by Crippen LogP contribution is 2.17. The first-order valence-electron chi connectivity index (χ1n) is 3.36. The Morgan fingerprint density at radius 1 is 1.67 bits per heavy atom. The molecular formula is C7H9N3O2. The fraction of sp³-hybridized carbons (Fsp3) is 0.143. The Morgan fingerprint density at radius 2 is 2.42 bits per heavy atom. The highest BCUT2D eigenvalue weighted by atomic mass is 16.3. The van der Waals surface area contributed by atoms with Crippen molar-refractivity contribution in [1.29, 1.82) is 0 Å². The van der Waals surface area contributed by atoms with E-state index < -0.39 is 6.03 Å². The van der Waals surface area contributed by atoms with Crippen molar-refractivity contribution < 1.29 is 9.90 Å². The number of urea groups is 1. The third-order valence-corrected chi connectivity index (χ3v) is 1.25. The minimum absolute atomic E-state index is 0.0545. The van der Waals surface area contributed by atoms with Crippen LogP contribution in [-0.4, -0.2) is 23.2 Å². The number of nitrogens with one attached hydrogen (secondary N) is 2. The van der Waals surface area contributed by atoms with Crippen molar-refractivity contribution in [3.05, 3.63) is 18.3 Å². The summed E-state index contributed by atoms with van der Waals surface area (Å²) in [7, 11) is 1.48. The zero-order valence-corrected chi connectivity index (χ0v) is 6.53. The van der Waals surface area contributed by atoms with Crippen LogP contribution in [0.25, 0.3) is 0 Å². The Kier molecular flexibility index (Phi) is 2.47. The molecule has 64 valence electrons. The fourth-order valence-corrected chi connectivity index (χ4v) is 0.663. The van der Waals surface area contributed by atoms with Crippen molar-refractivity contribution in [2.75, 3.05) is 12.4 Å². The molecule has 0 aromatic carbocycles. The first-order valence-corrected chi connectivity index (χ1v) is 3.36. The second-order valence-electron chi connectivity index (χ2n) is 2.08. The Balaban J connectivity index is 2.75. The molecule has 0 aliphatic carbocycles. The van der Waals surface area contributed by atoms with Crippen molar-refractivity contribution in [2.24, 2.45) is 0 Å². The number of nitrogens with zero attached hydrogens (tertiary/aromatic N) is 1. The van der Waals surface area contributed by atoms with Gasteiger partial charge in [-0.3, -0.25) is 5.32 Å². The van der Waals surface area contributed by atoms with Crippen LogP contribution in [0, 0.1) is 0 Å². The largest absolute Gasteiger partial charge is 0.504 e. The third kappa shape index (κ3) is 1.85. The lowest BCUT2D eigenvalue weighted by atomic mass is 10.4. The van der Waals surface area contributed by atoms with E-state index in [0.29, 0.717) is 0 Å². The predicted octanol–water partition coefficient (Wildman–Crippen LogP) is 0.538. The molecule has 0 aliphatic rings. The standard InChI is InChI=1S/C7H9N3O2/c1-8-7(12)10-6-5(11)3-2-4-9-6/h2-4,11H,1H3,(H2,8,9,10,12). The van der Waals surface area contributed by atoms with E-state index >= 15 is 0 Å². The SMILES string of the molecule is CNC(=O)Nc1ncccc1O. The van der Waals surface area contributed by atoms with Crippen molar-refractivity contribution >= 4 is 11.8 Å². The molecule has 1 aromatic heterocycles. The molecule has 5 nitrogen and oxygen atoms in total. The van der Waals surface area contributed by atoms with E-state index in [4.69, 9.17) is 5.11 Å². The van der Waals surface area contributed by atoms with Crippen LogP contribution in [0.4, 0.5) is 10.6 Å². The number of anilines is 1. The number of carbonyl (C=O) groups excluding carboxylic acids is 1. The van der Waals surface area contributed by atoms with Crippen molar-refractivity contribution in [3.8, 4) is 5.75 Å². The van der Waals surface area contributed by atoms with E-state index in [1.54, 1.807) is 6.07 Å². The average molecular weight is 167 g/mol. The molecule has 0 spiro atoms. The maximum atomic E-state index is 10.8. The normalized spacial score (nSPS) is 9.08. The van der Waals surface area contributed by atoms with Gasteiger partial charge in [-0.15, -0.1) is 0 Å². The van der Waals surface area contributed by atoms with E-state index in [0.717, 1.165) is 0 Å². The summed E-state index contributed by atoms with van der Waals surface area (Å²) in [4.78, 5) is 14.5. The highest BCUT2D eigenvalue weighted by molar-refractivity contribution is 5.89. The predicted molar refractivity (Wildman–Crippen MR) is 44.0 cm³/mol. The van der Waals surface area contributed by atoms with E-state index in [-0.39, 0.29) is 11.6 Å². The smallest absolute Gasteiger partial charge is 0.320 e. The molecule has 0 saturated heterocycles. The molecule has 12 heavy (non-hydrogen) atoms. The molecule has 3 N–H and O–H groups in total. The molecule has 1 aromatic rings. The summed E-state index contributed by atoms with van der Waals surface area (Å²) in [5, 5.41) is 13.8. The minimum Gasteiger partial charge on any atom is -0.504 e. The maximum Gasteiger partial charge on any atom is 0.320 e. The van der Waals surface area contributed by atoms with Gasteiger partial charge in [0.25, 0.3) is 0 Å². The Labute approximate surface area is 69.4 Å². The van der Waals surface area contributed by atoms with Crippen LogP contribution in [0.1, 0.15) is 0 Å². The van der Waals surface area contributed by atoms with Gasteiger partial charge in [-0.1, -0.05) is 0 Å². The summed E-state index contributed by atoms with van der Waals surface area (Å²) >= 11 is 0. The minimum atomic E-state index is -0.413. The summed E-state index contributed by atoms with van der Waals surface area (Å²) in [5.41, 5.74) is 0. The first kappa shape index (κ1) is 8.32. The molecule has 0 atom stereocenters. The summed E-state index contributed by atoms with van der Waals surface area (Å²) < 4.78 is 0. The lowest BCUT2D eigenvalue weighted by molar-refractivity contribution is 0.253. The van der Waals surface area contributed by atoms with Crippen molar-refractivity contribution in [1.82, 2.24) is 10.3 Å². The fourth-order valence-electron chi connectivity index (χ4n) is 0.663. The van der Waals surface area contributed by atoms with E-state index in [2.05, 4.69) is 15.6 Å². The van der Waals surface area contributed by atoms with Gasteiger partial charge in [0.1, 0.15) is 0 Å². The van der Waals surface area contributed by atoms with Gasteiger partial charge in [0.05, 0.1) is 0 Å². The van der Waals surface area contributed by atoms with Gasteiger partial charge in [0.15, 0.2) is 11.6 Å². The van der Waals surface area contributed by atoms with E-state index in [9.17, 15) is 4.79 Å². The maximum absolute atomic E-state index is 10.8. The zero-order chi connectivity index (χ0) is 8.97. The quantitative estimate of drug-likeness (QED) is 0.571. The van der Waals surface area contributed by atoms with Gasteiger partial charge < -0.3 is 10.4 Å². The first-order chi connectivity index (χ1) is 5.74. The molecule has 0 aliphatic heterocycles. The van der Waals surface area contributed by atoms with Crippen LogP contribution in [0.3, 0.4) is 0 Å². The number of hydrogen-bond acceptors (Lipinski definition) is 3. The van der Waals surface area contributed by atoms with Gasteiger partial charge in [0, 0.05) is 13.2 Å². The molecule has 0 fully saturated rings. The summed E-state index contributed by atoms with van der Waals surface area (Å²) in [6.07, 6.45) is 1.48. The number of amides is 2. The molecular weight excluding hydrogens is 158 g/mol. The van der Waals surface area contributed by atoms with Gasteiger partial charge in [0.2, 0.25) is 0 Å². The van der Waals surface area contributed by atoms with Crippen LogP contribution in [-0.2, 0) is 0 Å². The molecule has 5 heteroatoms. The molecule has 0 radical (unpaired) electrons. The van der Waals surface area contributed by atoms with Crippen LogP contribution < -0.4 is 10.6 Å².